The van der Waals surface area contributed by atoms with Gasteiger partial charge in [-0.15, -0.1) is 0 Å². The molecule has 0 aliphatic heterocycles. The molecule has 32 heavy (non-hydrogen) atoms. The molecule has 0 bridgehead atoms. The number of hydrogen-bond donors (Lipinski definition) is 1. The van der Waals surface area contributed by atoms with Crippen LogP contribution in [0.15, 0.2) is 77.4 Å². The number of nitrogens with zero attached hydrogens (tertiary/aromatic N) is 2. The molecule has 2 aromatic carbocycles. The van der Waals surface area contributed by atoms with Crippen molar-refractivity contribution >= 4 is 17.6 Å². The lowest BCUT2D eigenvalue weighted by molar-refractivity contribution is 0.304. The predicted octanol–water partition coefficient (Wildman–Crippen LogP) is 7.20. The molecule has 0 unspecified atom stereocenters. The fraction of sp³-hybridized carbons (Fsp3) is 0.357. The number of hydrogen-bond acceptors (Lipinski definition) is 3. The Bertz CT molecular complexity index is 909. The number of amidine groups is 1. The van der Waals surface area contributed by atoms with Gasteiger partial charge in [0.25, 0.3) is 0 Å². The van der Waals surface area contributed by atoms with E-state index in [4.69, 9.17) is 4.74 Å². The highest BCUT2D eigenvalue weighted by Crippen LogP contribution is 2.16. The van der Waals surface area contributed by atoms with Crippen LogP contribution in [0.3, 0.4) is 0 Å². The van der Waals surface area contributed by atoms with Gasteiger partial charge in [-0.2, -0.15) is 0 Å². The molecule has 170 valence electrons. The van der Waals surface area contributed by atoms with Gasteiger partial charge in [-0.25, -0.2) is 4.99 Å². The van der Waals surface area contributed by atoms with Crippen molar-refractivity contribution in [2.45, 2.75) is 51.9 Å². The SMILES string of the molecule is C=C(O)CCc1ccc(C(=C)C=NC(=NC)c2ccc(OCCCCCCC)cc2)cc1. The van der Waals surface area contributed by atoms with Crippen molar-refractivity contribution in [1.29, 1.82) is 0 Å². The summed E-state index contributed by atoms with van der Waals surface area (Å²) < 4.78 is 5.84. The van der Waals surface area contributed by atoms with E-state index >= 15 is 0 Å². The normalized spacial score (nSPS) is 11.6. The van der Waals surface area contributed by atoms with E-state index < -0.39 is 0 Å². The van der Waals surface area contributed by atoms with Crippen LogP contribution < -0.4 is 4.74 Å². The van der Waals surface area contributed by atoms with E-state index in [0.717, 1.165) is 47.5 Å². The Morgan fingerprint density at radius 2 is 1.59 bits per heavy atom. The lowest BCUT2D eigenvalue weighted by atomic mass is 10.0. The Hall–Kier alpha value is -3.14. The van der Waals surface area contributed by atoms with Gasteiger partial charge in [-0.3, -0.25) is 4.99 Å². The summed E-state index contributed by atoms with van der Waals surface area (Å²) in [4.78, 5) is 8.86. The fourth-order valence-electron chi connectivity index (χ4n) is 3.24. The Morgan fingerprint density at radius 3 is 2.22 bits per heavy atom. The zero-order valence-corrected chi connectivity index (χ0v) is 19.5. The van der Waals surface area contributed by atoms with Crippen molar-refractivity contribution in [2.24, 2.45) is 9.98 Å². The van der Waals surface area contributed by atoms with Gasteiger partial charge < -0.3 is 9.84 Å². The fourth-order valence-corrected chi connectivity index (χ4v) is 3.24. The monoisotopic (exact) mass is 432 g/mol. The standard InChI is InChI=1S/C28H36N2O2/c1-5-6-7-8-9-20-32-27-18-16-26(17-19-27)28(29-4)30-21-22(2)25-14-12-24(13-15-25)11-10-23(3)31/h12-19,21,31H,2-3,5-11,20H2,1,4H3. The van der Waals surface area contributed by atoms with Gasteiger partial charge in [-0.05, 0) is 53.8 Å². The van der Waals surface area contributed by atoms with Gasteiger partial charge in [-0.1, -0.05) is 70.0 Å². The Morgan fingerprint density at radius 1 is 0.938 bits per heavy atom. The summed E-state index contributed by atoms with van der Waals surface area (Å²) in [6, 6.07) is 16.0. The van der Waals surface area contributed by atoms with Crippen molar-refractivity contribution < 1.29 is 9.84 Å². The van der Waals surface area contributed by atoms with Gasteiger partial charge in [0.1, 0.15) is 5.75 Å². The van der Waals surface area contributed by atoms with Crippen molar-refractivity contribution in [1.82, 2.24) is 0 Å². The molecule has 0 fully saturated rings. The molecule has 0 saturated carbocycles. The highest BCUT2D eigenvalue weighted by atomic mass is 16.5. The topological polar surface area (TPSA) is 54.2 Å². The number of rotatable bonds is 13. The van der Waals surface area contributed by atoms with Gasteiger partial charge in [0, 0.05) is 25.2 Å². The molecule has 4 heteroatoms. The summed E-state index contributed by atoms with van der Waals surface area (Å²) in [5, 5.41) is 9.24. The molecule has 0 saturated heterocycles. The third kappa shape index (κ3) is 8.93. The minimum Gasteiger partial charge on any atom is -0.513 e. The molecule has 0 heterocycles. The van der Waals surface area contributed by atoms with Crippen LogP contribution in [-0.4, -0.2) is 30.8 Å². The number of aliphatic hydroxyl groups excluding tert-OH is 1. The lowest BCUT2D eigenvalue weighted by Gasteiger charge is -2.07. The third-order valence-electron chi connectivity index (χ3n) is 5.21. The summed E-state index contributed by atoms with van der Waals surface area (Å²) >= 11 is 0. The first-order valence-corrected chi connectivity index (χ1v) is 11.4. The molecule has 2 rings (SSSR count). The maximum atomic E-state index is 9.24. The summed E-state index contributed by atoms with van der Waals surface area (Å²) in [6.45, 7) is 10.6. The minimum atomic E-state index is 0.207. The number of aliphatic imine (C=N–C) groups is 2. The van der Waals surface area contributed by atoms with Gasteiger partial charge in [0.05, 0.1) is 12.4 Å². The van der Waals surface area contributed by atoms with Crippen molar-refractivity contribution in [3.8, 4) is 5.75 Å². The number of aryl methyl sites for hydroxylation is 1. The molecule has 0 spiro atoms. The van der Waals surface area contributed by atoms with Crippen LogP contribution in [0.2, 0.25) is 0 Å². The van der Waals surface area contributed by atoms with Crippen LogP contribution in [0.4, 0.5) is 0 Å². The summed E-state index contributed by atoms with van der Waals surface area (Å²) in [7, 11) is 1.74. The highest BCUT2D eigenvalue weighted by Gasteiger charge is 2.03. The molecular formula is C28H36N2O2. The van der Waals surface area contributed by atoms with Crippen molar-refractivity contribution in [2.75, 3.05) is 13.7 Å². The van der Waals surface area contributed by atoms with E-state index in [1.54, 1.807) is 13.3 Å². The van der Waals surface area contributed by atoms with E-state index in [2.05, 4.69) is 30.1 Å². The van der Waals surface area contributed by atoms with Gasteiger partial charge in [0.15, 0.2) is 5.84 Å². The number of benzene rings is 2. The Labute approximate surface area is 193 Å². The molecule has 0 aromatic heterocycles. The van der Waals surface area contributed by atoms with Gasteiger partial charge >= 0.3 is 0 Å². The second-order valence-corrected chi connectivity index (χ2v) is 7.88. The third-order valence-corrected chi connectivity index (χ3v) is 5.21. The molecule has 0 aliphatic rings. The minimum absolute atomic E-state index is 0.207. The number of ether oxygens (including phenoxy) is 1. The van der Waals surface area contributed by atoms with E-state index in [1.165, 1.54) is 25.7 Å². The molecule has 0 atom stereocenters. The van der Waals surface area contributed by atoms with E-state index in [0.29, 0.717) is 12.3 Å². The van der Waals surface area contributed by atoms with Crippen LogP contribution in [-0.2, 0) is 6.42 Å². The Kier molecular flexibility index (Phi) is 11.0. The molecule has 0 radical (unpaired) electrons. The second-order valence-electron chi connectivity index (χ2n) is 7.88. The first-order valence-electron chi connectivity index (χ1n) is 11.4. The van der Waals surface area contributed by atoms with Gasteiger partial charge in [0.2, 0.25) is 0 Å². The van der Waals surface area contributed by atoms with E-state index in [1.807, 2.05) is 48.5 Å². The molecule has 2 aromatic rings. The average molecular weight is 433 g/mol. The number of allylic oxidation sites excluding steroid dienone is 2. The van der Waals surface area contributed by atoms with Crippen LogP contribution in [0.25, 0.3) is 5.57 Å². The maximum Gasteiger partial charge on any atom is 0.154 e. The first kappa shape index (κ1) is 25.1. The molecule has 0 aliphatic carbocycles. The Balaban J connectivity index is 1.89. The zero-order valence-electron chi connectivity index (χ0n) is 19.5. The summed E-state index contributed by atoms with van der Waals surface area (Å²) in [5.41, 5.74) is 3.89. The first-order chi connectivity index (χ1) is 15.5. The number of unbranched alkanes of at least 4 members (excludes halogenated alkanes) is 4. The molecule has 4 nitrogen and oxygen atoms in total. The zero-order chi connectivity index (χ0) is 23.2. The largest absolute Gasteiger partial charge is 0.513 e. The molecular weight excluding hydrogens is 396 g/mol. The summed E-state index contributed by atoms with van der Waals surface area (Å²) in [5.74, 6) is 1.73. The maximum absolute atomic E-state index is 9.24. The van der Waals surface area contributed by atoms with Crippen LogP contribution in [0.1, 0.15) is 62.1 Å². The predicted molar refractivity (Wildman–Crippen MR) is 137 cm³/mol. The quantitative estimate of drug-likeness (QED) is 0.157. The van der Waals surface area contributed by atoms with Crippen LogP contribution >= 0.6 is 0 Å². The number of aliphatic hydroxyl groups is 1. The lowest BCUT2D eigenvalue weighted by Crippen LogP contribution is -2.00. The van der Waals surface area contributed by atoms with E-state index in [9.17, 15) is 5.11 Å². The van der Waals surface area contributed by atoms with Crippen molar-refractivity contribution in [3.63, 3.8) is 0 Å². The van der Waals surface area contributed by atoms with Crippen LogP contribution in [0.5, 0.6) is 5.75 Å². The summed E-state index contributed by atoms with van der Waals surface area (Å²) in [6.07, 6.45) is 9.23. The molecule has 0 amide bonds. The average Bonchev–Trinajstić information content (AvgIpc) is 2.81. The van der Waals surface area contributed by atoms with E-state index in [-0.39, 0.29) is 5.76 Å². The molecule has 1 N–H and O–H groups in total. The van der Waals surface area contributed by atoms with Crippen LogP contribution in [0, 0.1) is 0 Å². The smallest absolute Gasteiger partial charge is 0.154 e. The second kappa shape index (κ2) is 14.0. The van der Waals surface area contributed by atoms with Crippen molar-refractivity contribution in [3.05, 3.63) is 84.1 Å². The highest BCUT2D eigenvalue weighted by molar-refractivity contribution is 6.15.